The second-order valence-corrected chi connectivity index (χ2v) is 5.75. The van der Waals surface area contributed by atoms with Gasteiger partial charge in [-0.25, -0.2) is 8.78 Å². The molecule has 2 N–H and O–H groups in total. The molecule has 0 saturated heterocycles. The maximum atomic E-state index is 13.3. The van der Waals surface area contributed by atoms with Crippen molar-refractivity contribution in [1.29, 1.82) is 0 Å². The molecule has 0 spiro atoms. The largest absolute Gasteiger partial charge is 0.318 e. The highest BCUT2D eigenvalue weighted by atomic mass is 19.2. The minimum absolute atomic E-state index is 0.248. The van der Waals surface area contributed by atoms with E-state index in [-0.39, 0.29) is 18.1 Å². The molecule has 6 nitrogen and oxygen atoms in total. The Hall–Kier alpha value is -3.55. The van der Waals surface area contributed by atoms with Crippen molar-refractivity contribution in [3.8, 4) is 0 Å². The van der Waals surface area contributed by atoms with E-state index in [1.54, 1.807) is 12.3 Å². The average molecular weight is 353 g/mol. The molecule has 26 heavy (non-hydrogen) atoms. The van der Waals surface area contributed by atoms with Crippen molar-refractivity contribution in [3.63, 3.8) is 0 Å². The summed E-state index contributed by atoms with van der Waals surface area (Å²) in [4.78, 5) is 12.4. The Morgan fingerprint density at radius 3 is 2.85 bits per heavy atom. The first kappa shape index (κ1) is 15.9. The van der Waals surface area contributed by atoms with Crippen molar-refractivity contribution in [3.05, 3.63) is 77.8 Å². The zero-order valence-electron chi connectivity index (χ0n) is 13.4. The van der Waals surface area contributed by atoms with Crippen LogP contribution in [0.4, 0.5) is 14.5 Å². The molecule has 4 aromatic rings. The van der Waals surface area contributed by atoms with Crippen molar-refractivity contribution in [1.82, 2.24) is 20.0 Å². The van der Waals surface area contributed by atoms with E-state index in [0.717, 1.165) is 23.0 Å². The van der Waals surface area contributed by atoms with Crippen LogP contribution in [0.1, 0.15) is 16.1 Å². The summed E-state index contributed by atoms with van der Waals surface area (Å²) >= 11 is 0. The van der Waals surface area contributed by atoms with Crippen LogP contribution < -0.4 is 5.32 Å². The number of nitrogens with one attached hydrogen (secondary N) is 2. The lowest BCUT2D eigenvalue weighted by atomic mass is 10.2. The van der Waals surface area contributed by atoms with Gasteiger partial charge in [0.05, 0.1) is 23.9 Å². The fourth-order valence-corrected chi connectivity index (χ4v) is 2.67. The third kappa shape index (κ3) is 3.04. The van der Waals surface area contributed by atoms with Gasteiger partial charge in [-0.1, -0.05) is 24.3 Å². The molecule has 130 valence electrons. The number of halogens is 2. The quantitative estimate of drug-likeness (QED) is 0.591. The lowest BCUT2D eigenvalue weighted by Gasteiger charge is -2.03. The monoisotopic (exact) mass is 353 g/mol. The molecule has 0 fully saturated rings. The van der Waals surface area contributed by atoms with Crippen molar-refractivity contribution in [2.75, 3.05) is 5.32 Å². The van der Waals surface area contributed by atoms with Gasteiger partial charge in [-0.3, -0.25) is 14.6 Å². The SMILES string of the molecule is O=C(Nc1cnn(Cc2ccc(F)c(F)c2)c1)c1n[nH]c2ccccc12. The normalized spacial score (nSPS) is 11.0. The van der Waals surface area contributed by atoms with E-state index in [1.165, 1.54) is 16.9 Å². The molecule has 0 aliphatic heterocycles. The third-order valence-electron chi connectivity index (χ3n) is 3.91. The first-order valence-electron chi connectivity index (χ1n) is 7.81. The van der Waals surface area contributed by atoms with Gasteiger partial charge in [-0.2, -0.15) is 10.2 Å². The zero-order valence-corrected chi connectivity index (χ0v) is 13.4. The number of aromatic amines is 1. The topological polar surface area (TPSA) is 75.6 Å². The molecule has 2 aromatic heterocycles. The molecular weight excluding hydrogens is 340 g/mol. The summed E-state index contributed by atoms with van der Waals surface area (Å²) in [5.74, 6) is -2.17. The van der Waals surface area contributed by atoms with Gasteiger partial charge in [-0.15, -0.1) is 0 Å². The molecule has 0 aliphatic carbocycles. The standard InChI is InChI=1S/C18H13F2N5O/c19-14-6-5-11(7-15(14)20)9-25-10-12(8-21-25)22-18(26)17-13-3-1-2-4-16(13)23-24-17/h1-8,10H,9H2,(H,22,26)(H,23,24). The van der Waals surface area contributed by atoms with E-state index in [1.807, 2.05) is 18.2 Å². The Balaban J connectivity index is 1.49. The number of carbonyl (C=O) groups is 1. The van der Waals surface area contributed by atoms with Gasteiger partial charge in [0.1, 0.15) is 0 Å². The summed E-state index contributed by atoms with van der Waals surface area (Å²) in [6, 6.07) is 11.0. The minimum atomic E-state index is -0.909. The van der Waals surface area contributed by atoms with Crippen LogP contribution in [0.3, 0.4) is 0 Å². The number of anilines is 1. The van der Waals surface area contributed by atoms with Crippen molar-refractivity contribution in [2.45, 2.75) is 6.54 Å². The van der Waals surface area contributed by atoms with E-state index >= 15 is 0 Å². The predicted molar refractivity (Wildman–Crippen MR) is 91.7 cm³/mol. The van der Waals surface area contributed by atoms with Crippen LogP contribution in [0.5, 0.6) is 0 Å². The number of amides is 1. The van der Waals surface area contributed by atoms with Crippen LogP contribution in [0.25, 0.3) is 10.9 Å². The van der Waals surface area contributed by atoms with Crippen LogP contribution >= 0.6 is 0 Å². The molecular formula is C18H13F2N5O. The number of para-hydroxylation sites is 1. The summed E-state index contributed by atoms with van der Waals surface area (Å²) in [6.45, 7) is 0.248. The molecule has 0 aliphatic rings. The average Bonchev–Trinajstić information content (AvgIpc) is 3.25. The number of rotatable bonds is 4. The number of H-pyrrole nitrogens is 1. The molecule has 0 bridgehead atoms. The van der Waals surface area contributed by atoms with Crippen molar-refractivity contribution in [2.24, 2.45) is 0 Å². The van der Waals surface area contributed by atoms with Gasteiger partial charge in [0, 0.05) is 11.6 Å². The number of carbonyl (C=O) groups excluding carboxylic acids is 1. The van der Waals surface area contributed by atoms with Crippen LogP contribution in [-0.4, -0.2) is 25.9 Å². The maximum absolute atomic E-state index is 13.3. The lowest BCUT2D eigenvalue weighted by molar-refractivity contribution is 0.102. The second kappa shape index (κ2) is 6.40. The molecule has 1 amide bonds. The smallest absolute Gasteiger partial charge is 0.276 e. The Bertz CT molecular complexity index is 1100. The summed E-state index contributed by atoms with van der Waals surface area (Å²) in [6.07, 6.45) is 3.08. The number of fused-ring (bicyclic) bond motifs is 1. The number of aromatic nitrogens is 4. The zero-order chi connectivity index (χ0) is 18.1. The van der Waals surface area contributed by atoms with Crippen molar-refractivity contribution < 1.29 is 13.6 Å². The van der Waals surface area contributed by atoms with E-state index in [0.29, 0.717) is 11.3 Å². The van der Waals surface area contributed by atoms with E-state index in [4.69, 9.17) is 0 Å². The molecule has 0 radical (unpaired) electrons. The Morgan fingerprint density at radius 2 is 2.00 bits per heavy atom. The molecule has 8 heteroatoms. The predicted octanol–water partition coefficient (Wildman–Crippen LogP) is 3.34. The van der Waals surface area contributed by atoms with Gasteiger partial charge in [-0.05, 0) is 23.8 Å². The highest BCUT2D eigenvalue weighted by Gasteiger charge is 2.14. The molecule has 0 atom stereocenters. The van der Waals surface area contributed by atoms with Crippen LogP contribution in [0.2, 0.25) is 0 Å². The van der Waals surface area contributed by atoms with Crippen LogP contribution in [0.15, 0.2) is 54.9 Å². The van der Waals surface area contributed by atoms with Crippen LogP contribution in [-0.2, 0) is 6.54 Å². The fourth-order valence-electron chi connectivity index (χ4n) is 2.67. The van der Waals surface area contributed by atoms with Crippen LogP contribution in [0, 0.1) is 11.6 Å². The minimum Gasteiger partial charge on any atom is -0.318 e. The highest BCUT2D eigenvalue weighted by molar-refractivity contribution is 6.10. The number of nitrogens with zero attached hydrogens (tertiary/aromatic N) is 3. The summed E-state index contributed by atoms with van der Waals surface area (Å²) < 4.78 is 27.8. The Kier molecular flexibility index (Phi) is 3.92. The third-order valence-corrected chi connectivity index (χ3v) is 3.91. The molecule has 0 saturated carbocycles. The first-order valence-corrected chi connectivity index (χ1v) is 7.81. The molecule has 2 heterocycles. The van der Waals surface area contributed by atoms with Gasteiger partial charge in [0.15, 0.2) is 17.3 Å². The summed E-state index contributed by atoms with van der Waals surface area (Å²) in [5.41, 5.74) is 2.09. The maximum Gasteiger partial charge on any atom is 0.276 e. The van der Waals surface area contributed by atoms with Gasteiger partial charge in [0.2, 0.25) is 0 Å². The fraction of sp³-hybridized carbons (Fsp3) is 0.0556. The second-order valence-electron chi connectivity index (χ2n) is 5.75. The summed E-state index contributed by atoms with van der Waals surface area (Å²) in [5, 5.41) is 14.4. The molecule has 0 unspecified atom stereocenters. The van der Waals surface area contributed by atoms with Gasteiger partial charge in [0.25, 0.3) is 5.91 Å². The lowest BCUT2D eigenvalue weighted by Crippen LogP contribution is -2.12. The number of hydrogen-bond acceptors (Lipinski definition) is 3. The Morgan fingerprint density at radius 1 is 1.15 bits per heavy atom. The molecule has 2 aromatic carbocycles. The summed E-state index contributed by atoms with van der Waals surface area (Å²) in [7, 11) is 0. The van der Waals surface area contributed by atoms with Gasteiger partial charge < -0.3 is 5.32 Å². The Labute approximate surface area is 146 Å². The van der Waals surface area contributed by atoms with E-state index in [2.05, 4.69) is 20.6 Å². The molecule has 4 rings (SSSR count). The van der Waals surface area contributed by atoms with E-state index in [9.17, 15) is 13.6 Å². The van der Waals surface area contributed by atoms with Gasteiger partial charge >= 0.3 is 0 Å². The van der Waals surface area contributed by atoms with E-state index < -0.39 is 11.6 Å². The van der Waals surface area contributed by atoms with Crippen molar-refractivity contribution >= 4 is 22.5 Å². The highest BCUT2D eigenvalue weighted by Crippen LogP contribution is 2.17. The number of hydrogen-bond donors (Lipinski definition) is 2. The number of benzene rings is 2. The first-order chi connectivity index (χ1) is 12.6.